The van der Waals surface area contributed by atoms with Gasteiger partial charge in [-0.05, 0) is 27.6 Å². The Kier molecular flexibility index (Phi) is 3.94. The molecule has 0 unspecified atom stereocenters. The molecule has 0 heterocycles. The molecule has 22 heavy (non-hydrogen) atoms. The van der Waals surface area contributed by atoms with Gasteiger partial charge >= 0.3 is 0 Å². The van der Waals surface area contributed by atoms with Gasteiger partial charge in [0.15, 0.2) is 5.78 Å². The van der Waals surface area contributed by atoms with Crippen LogP contribution in [0.1, 0.15) is 26.3 Å². The molecule has 0 atom stereocenters. The van der Waals surface area contributed by atoms with Gasteiger partial charge in [-0.15, -0.1) is 0 Å². The summed E-state index contributed by atoms with van der Waals surface area (Å²) in [6.07, 6.45) is 0.419. The van der Waals surface area contributed by atoms with Crippen LogP contribution < -0.4 is 4.74 Å². The first kappa shape index (κ1) is 14.7. The molecule has 0 saturated heterocycles. The molecule has 0 bridgehead atoms. The third kappa shape index (κ3) is 2.40. The van der Waals surface area contributed by atoms with Crippen molar-refractivity contribution in [2.24, 2.45) is 0 Å². The highest BCUT2D eigenvalue weighted by atomic mass is 79.9. The monoisotopic (exact) mass is 356 g/mol. The summed E-state index contributed by atoms with van der Waals surface area (Å²) in [7, 11) is 1.49. The molecule has 0 spiro atoms. The number of rotatable bonds is 3. The molecule has 1 aliphatic carbocycles. The maximum Gasteiger partial charge on any atom is 0.204 e. The Labute approximate surface area is 136 Å². The Bertz CT molecular complexity index is 791. The summed E-state index contributed by atoms with van der Waals surface area (Å²) in [6.45, 7) is 0. The van der Waals surface area contributed by atoms with Gasteiger partial charge in [-0.3, -0.25) is 9.59 Å². The van der Waals surface area contributed by atoms with Gasteiger partial charge in [0.25, 0.3) is 0 Å². The van der Waals surface area contributed by atoms with Crippen LogP contribution in [0.3, 0.4) is 0 Å². The minimum Gasteiger partial charge on any atom is -0.496 e. The van der Waals surface area contributed by atoms with Crippen LogP contribution in [0.25, 0.3) is 0 Å². The zero-order valence-electron chi connectivity index (χ0n) is 11.9. The second kappa shape index (κ2) is 5.89. The van der Waals surface area contributed by atoms with Crippen LogP contribution in [0.5, 0.6) is 5.75 Å². The van der Waals surface area contributed by atoms with E-state index in [2.05, 4.69) is 15.9 Å². The predicted molar refractivity (Wildman–Crippen MR) is 87.8 cm³/mol. The molecule has 0 aromatic heterocycles. The zero-order valence-corrected chi connectivity index (χ0v) is 13.5. The quantitative estimate of drug-likeness (QED) is 0.835. The predicted octanol–water partition coefficient (Wildman–Crippen LogP) is 3.97. The molecule has 2 aromatic carbocycles. The highest BCUT2D eigenvalue weighted by Crippen LogP contribution is 2.35. The highest BCUT2D eigenvalue weighted by Gasteiger charge is 2.33. The summed E-state index contributed by atoms with van der Waals surface area (Å²) in [4.78, 5) is 25.4. The Morgan fingerprint density at radius 3 is 2.36 bits per heavy atom. The number of hydrogen-bond donors (Lipinski definition) is 0. The van der Waals surface area contributed by atoms with Crippen molar-refractivity contribution in [1.82, 2.24) is 0 Å². The zero-order chi connectivity index (χ0) is 15.7. The number of carbonyl (C=O) groups excluding carboxylic acids is 2. The van der Waals surface area contributed by atoms with Crippen molar-refractivity contribution in [1.29, 1.82) is 0 Å². The molecule has 0 aliphatic heterocycles. The average Bonchev–Trinajstić information content (AvgIpc) is 2.57. The van der Waals surface area contributed by atoms with Crippen molar-refractivity contribution < 1.29 is 14.3 Å². The minimum absolute atomic E-state index is 0.135. The van der Waals surface area contributed by atoms with E-state index in [4.69, 9.17) is 4.74 Å². The first-order chi connectivity index (χ1) is 10.6. The van der Waals surface area contributed by atoms with E-state index in [-0.39, 0.29) is 11.6 Å². The third-order valence-electron chi connectivity index (χ3n) is 3.68. The average molecular weight is 357 g/mol. The summed E-state index contributed by atoms with van der Waals surface area (Å²) in [5, 5.41) is 0. The summed E-state index contributed by atoms with van der Waals surface area (Å²) in [6, 6.07) is 14.7. The molecule has 0 amide bonds. The molecule has 0 saturated carbocycles. The number of ether oxygens (including phenoxy) is 1. The lowest BCUT2D eigenvalue weighted by Crippen LogP contribution is -2.21. The molecule has 2 aromatic rings. The van der Waals surface area contributed by atoms with Gasteiger partial charge < -0.3 is 4.74 Å². The first-order valence-corrected chi connectivity index (χ1v) is 7.61. The summed E-state index contributed by atoms with van der Waals surface area (Å²) in [5.41, 5.74) is 2.20. The molecule has 0 fully saturated rings. The van der Waals surface area contributed by atoms with E-state index in [9.17, 15) is 9.59 Å². The van der Waals surface area contributed by atoms with Crippen molar-refractivity contribution >= 4 is 27.5 Å². The molecule has 3 nitrogen and oxygen atoms in total. The van der Waals surface area contributed by atoms with Crippen LogP contribution in [-0.4, -0.2) is 18.7 Å². The minimum atomic E-state index is -0.210. The number of allylic oxidation sites excluding steroid dienone is 2. The lowest BCUT2D eigenvalue weighted by molar-refractivity contribution is 0.0978. The Hall–Kier alpha value is -2.20. The smallest absolute Gasteiger partial charge is 0.204 e. The summed E-state index contributed by atoms with van der Waals surface area (Å²) < 4.78 is 5.53. The van der Waals surface area contributed by atoms with E-state index in [1.54, 1.807) is 18.2 Å². The van der Waals surface area contributed by atoms with Gasteiger partial charge in [-0.25, -0.2) is 0 Å². The SMILES string of the molecule is COc1cccc2c1C(=O)C(Br)=C(Cc1ccccc1)C2=O. The van der Waals surface area contributed by atoms with Gasteiger partial charge in [0, 0.05) is 17.6 Å². The van der Waals surface area contributed by atoms with Crippen molar-refractivity contribution in [2.45, 2.75) is 6.42 Å². The van der Waals surface area contributed by atoms with Gasteiger partial charge in [0.2, 0.25) is 5.78 Å². The Morgan fingerprint density at radius 1 is 0.955 bits per heavy atom. The van der Waals surface area contributed by atoms with Gasteiger partial charge in [-0.1, -0.05) is 42.5 Å². The molecule has 0 radical (unpaired) electrons. The standard InChI is InChI=1S/C18H13BrO3/c1-22-14-9-5-8-12-15(14)18(21)16(19)13(17(12)20)10-11-6-3-2-4-7-11/h2-9H,10H2,1H3. The second-order valence-corrected chi connectivity index (χ2v) is 5.79. The Balaban J connectivity index is 2.09. The van der Waals surface area contributed by atoms with Crippen LogP contribution in [0.4, 0.5) is 0 Å². The number of Topliss-reactive ketones (excluding diaryl/α,β-unsaturated/α-hetero) is 2. The fourth-order valence-corrected chi connectivity index (χ4v) is 3.11. The molecule has 110 valence electrons. The number of carbonyl (C=O) groups is 2. The van der Waals surface area contributed by atoms with E-state index < -0.39 is 0 Å². The molecule has 4 heteroatoms. The third-order valence-corrected chi connectivity index (χ3v) is 4.52. The maximum absolute atomic E-state index is 12.7. The van der Waals surface area contributed by atoms with Crippen LogP contribution >= 0.6 is 15.9 Å². The summed E-state index contributed by atoms with van der Waals surface area (Å²) >= 11 is 3.30. The normalized spacial score (nSPS) is 14.1. The van der Waals surface area contributed by atoms with Crippen LogP contribution in [-0.2, 0) is 6.42 Å². The van der Waals surface area contributed by atoms with Crippen LogP contribution in [0.15, 0.2) is 58.6 Å². The van der Waals surface area contributed by atoms with Crippen molar-refractivity contribution in [2.75, 3.05) is 7.11 Å². The lowest BCUT2D eigenvalue weighted by atomic mass is 9.86. The van der Waals surface area contributed by atoms with Crippen LogP contribution in [0, 0.1) is 0 Å². The highest BCUT2D eigenvalue weighted by molar-refractivity contribution is 9.12. The molecular weight excluding hydrogens is 344 g/mol. The largest absolute Gasteiger partial charge is 0.496 e. The fourth-order valence-electron chi connectivity index (χ4n) is 2.59. The van der Waals surface area contributed by atoms with Gasteiger partial charge in [0.05, 0.1) is 17.2 Å². The Morgan fingerprint density at radius 2 is 1.68 bits per heavy atom. The second-order valence-electron chi connectivity index (χ2n) is 5.00. The number of ketones is 2. The van der Waals surface area contributed by atoms with Crippen molar-refractivity contribution in [3.63, 3.8) is 0 Å². The summed E-state index contributed by atoms with van der Waals surface area (Å²) in [5.74, 6) is 0.0776. The molecule has 0 N–H and O–H groups in total. The van der Waals surface area contributed by atoms with E-state index in [0.29, 0.717) is 33.4 Å². The van der Waals surface area contributed by atoms with Gasteiger partial charge in [0.1, 0.15) is 5.75 Å². The number of methoxy groups -OCH3 is 1. The molecule has 1 aliphatic rings. The topological polar surface area (TPSA) is 43.4 Å². The number of fused-ring (bicyclic) bond motifs is 1. The number of benzene rings is 2. The fraction of sp³-hybridized carbons (Fsp3) is 0.111. The van der Waals surface area contributed by atoms with Crippen LogP contribution in [0.2, 0.25) is 0 Å². The van der Waals surface area contributed by atoms with Gasteiger partial charge in [-0.2, -0.15) is 0 Å². The van der Waals surface area contributed by atoms with E-state index in [0.717, 1.165) is 5.56 Å². The van der Waals surface area contributed by atoms with E-state index >= 15 is 0 Å². The van der Waals surface area contributed by atoms with Crippen molar-refractivity contribution in [3.8, 4) is 5.75 Å². The van der Waals surface area contributed by atoms with E-state index in [1.807, 2.05) is 30.3 Å². The van der Waals surface area contributed by atoms with E-state index in [1.165, 1.54) is 7.11 Å². The molecular formula is C18H13BrO3. The number of halogens is 1. The first-order valence-electron chi connectivity index (χ1n) is 6.82. The maximum atomic E-state index is 12.7. The lowest BCUT2D eigenvalue weighted by Gasteiger charge is -2.20. The number of hydrogen-bond acceptors (Lipinski definition) is 3. The molecule has 3 rings (SSSR count). The van der Waals surface area contributed by atoms with Crippen molar-refractivity contribution in [3.05, 3.63) is 75.3 Å².